The molecular weight excluding hydrogens is 252 g/mol. The second kappa shape index (κ2) is 4.21. The van der Waals surface area contributed by atoms with Gasteiger partial charge in [0.25, 0.3) is 0 Å². The molecule has 2 aromatic carbocycles. The van der Waals surface area contributed by atoms with Crippen LogP contribution in [-0.2, 0) is 6.42 Å². The first-order valence-electron chi connectivity index (χ1n) is 7.99. The Balaban J connectivity index is 1.66. The van der Waals surface area contributed by atoms with Gasteiger partial charge in [-0.25, -0.2) is 0 Å². The minimum absolute atomic E-state index is 0.632. The van der Waals surface area contributed by atoms with Gasteiger partial charge in [-0.2, -0.15) is 0 Å². The zero-order chi connectivity index (χ0) is 13.8. The Labute approximate surface area is 125 Å². The van der Waals surface area contributed by atoms with Crippen LogP contribution in [0, 0.1) is 0 Å². The van der Waals surface area contributed by atoms with E-state index in [1.807, 2.05) is 0 Å². The van der Waals surface area contributed by atoms with Crippen LogP contribution in [-0.4, -0.2) is 0 Å². The Morgan fingerprint density at radius 1 is 0.857 bits per heavy atom. The fraction of sp³-hybridized carbons (Fsp3) is 0.238. The van der Waals surface area contributed by atoms with E-state index in [4.69, 9.17) is 0 Å². The van der Waals surface area contributed by atoms with Gasteiger partial charge in [0.1, 0.15) is 0 Å². The molecular formula is C21H18. The molecule has 3 aliphatic rings. The second-order valence-corrected chi connectivity index (χ2v) is 6.54. The molecule has 102 valence electrons. The molecule has 0 heterocycles. The number of hydrogen-bond donors (Lipinski definition) is 0. The van der Waals surface area contributed by atoms with Crippen molar-refractivity contribution in [3.63, 3.8) is 0 Å². The van der Waals surface area contributed by atoms with Crippen molar-refractivity contribution in [2.24, 2.45) is 0 Å². The summed E-state index contributed by atoms with van der Waals surface area (Å²) < 4.78 is 0. The van der Waals surface area contributed by atoms with E-state index in [0.29, 0.717) is 11.8 Å². The third-order valence-electron chi connectivity index (χ3n) is 5.45. The van der Waals surface area contributed by atoms with E-state index in [2.05, 4.69) is 60.7 Å². The smallest absolute Gasteiger partial charge is 0.00610 e. The monoisotopic (exact) mass is 270 g/mol. The average molecular weight is 270 g/mol. The quantitative estimate of drug-likeness (QED) is 0.608. The first-order chi connectivity index (χ1) is 10.4. The first-order valence-corrected chi connectivity index (χ1v) is 7.99. The Bertz CT molecular complexity index is 791. The van der Waals surface area contributed by atoms with Gasteiger partial charge in [-0.15, -0.1) is 0 Å². The molecule has 2 aromatic rings. The van der Waals surface area contributed by atoms with Crippen molar-refractivity contribution < 1.29 is 0 Å². The second-order valence-electron chi connectivity index (χ2n) is 6.54. The topological polar surface area (TPSA) is 0 Å². The maximum Gasteiger partial charge on any atom is 0.00610 e. The van der Waals surface area contributed by atoms with Crippen molar-refractivity contribution in [2.75, 3.05) is 0 Å². The molecule has 0 saturated carbocycles. The van der Waals surface area contributed by atoms with E-state index >= 15 is 0 Å². The molecule has 0 saturated heterocycles. The lowest BCUT2D eigenvalue weighted by molar-refractivity contribution is 0.623. The molecule has 0 fully saturated rings. The summed E-state index contributed by atoms with van der Waals surface area (Å²) in [6.07, 6.45) is 10.9. The van der Waals surface area contributed by atoms with Crippen LogP contribution in [0.2, 0.25) is 0 Å². The molecule has 3 aliphatic carbocycles. The van der Waals surface area contributed by atoms with E-state index in [9.17, 15) is 0 Å². The molecule has 2 unspecified atom stereocenters. The first kappa shape index (κ1) is 11.6. The van der Waals surface area contributed by atoms with Gasteiger partial charge < -0.3 is 0 Å². The molecule has 4 bridgehead atoms. The van der Waals surface area contributed by atoms with E-state index in [1.54, 1.807) is 16.7 Å². The van der Waals surface area contributed by atoms with Crippen LogP contribution in [0.5, 0.6) is 0 Å². The Hall–Kier alpha value is -2.08. The lowest BCUT2D eigenvalue weighted by atomic mass is 9.86. The highest BCUT2D eigenvalue weighted by molar-refractivity contribution is 5.71. The van der Waals surface area contributed by atoms with E-state index in [1.165, 1.54) is 29.5 Å². The standard InChI is InChI=1S/C21H18/c1-2-6-19-15(4-1)12-17-13-16-5-3-7-18-14(8-10-20(16)18)9-11-21(17)19/h1-8,10,12,14,21H,9,11,13H2. The summed E-state index contributed by atoms with van der Waals surface area (Å²) in [7, 11) is 0. The van der Waals surface area contributed by atoms with E-state index in [-0.39, 0.29) is 0 Å². The molecule has 0 aromatic heterocycles. The third-order valence-corrected chi connectivity index (χ3v) is 5.45. The summed E-state index contributed by atoms with van der Waals surface area (Å²) in [4.78, 5) is 0. The average Bonchev–Trinajstić information content (AvgIpc) is 3.08. The highest BCUT2D eigenvalue weighted by Crippen LogP contribution is 2.46. The van der Waals surface area contributed by atoms with Gasteiger partial charge in [0.2, 0.25) is 0 Å². The van der Waals surface area contributed by atoms with Gasteiger partial charge >= 0.3 is 0 Å². The van der Waals surface area contributed by atoms with Crippen LogP contribution in [0.15, 0.2) is 54.1 Å². The molecule has 0 nitrogen and oxygen atoms in total. The van der Waals surface area contributed by atoms with Gasteiger partial charge in [0, 0.05) is 11.8 Å². The van der Waals surface area contributed by atoms with Crippen molar-refractivity contribution in [2.45, 2.75) is 31.1 Å². The van der Waals surface area contributed by atoms with Crippen LogP contribution in [0.25, 0.3) is 12.2 Å². The number of fused-ring (bicyclic) bond motifs is 3. The Kier molecular flexibility index (Phi) is 2.32. The lowest BCUT2D eigenvalue weighted by Crippen LogP contribution is -2.02. The minimum atomic E-state index is 0.632. The largest absolute Gasteiger partial charge is 0.0764 e. The van der Waals surface area contributed by atoms with E-state index in [0.717, 1.165) is 6.42 Å². The molecule has 0 heteroatoms. The predicted octanol–water partition coefficient (Wildman–Crippen LogP) is 5.31. The van der Waals surface area contributed by atoms with Crippen molar-refractivity contribution in [1.82, 2.24) is 0 Å². The molecule has 5 rings (SSSR count). The zero-order valence-corrected chi connectivity index (χ0v) is 12.0. The normalized spacial score (nSPS) is 24.7. The SMILES string of the molecule is C1=CC2CCC3C(=Cc4ccccc43)Cc3cccc2c31. The summed E-state index contributed by atoms with van der Waals surface area (Å²) in [6.45, 7) is 0. The third kappa shape index (κ3) is 1.62. The molecule has 0 aliphatic heterocycles. The van der Waals surface area contributed by atoms with E-state index < -0.39 is 0 Å². The van der Waals surface area contributed by atoms with Crippen LogP contribution >= 0.6 is 0 Å². The number of allylic oxidation sites excluding steroid dienone is 2. The highest BCUT2D eigenvalue weighted by atomic mass is 14.3. The molecule has 0 N–H and O–H groups in total. The summed E-state index contributed by atoms with van der Waals surface area (Å²) in [5.41, 5.74) is 9.18. The summed E-state index contributed by atoms with van der Waals surface area (Å²) >= 11 is 0. The van der Waals surface area contributed by atoms with Crippen LogP contribution in [0.1, 0.15) is 52.5 Å². The summed E-state index contributed by atoms with van der Waals surface area (Å²) in [5.74, 6) is 1.27. The molecule has 0 spiro atoms. The molecule has 0 amide bonds. The van der Waals surface area contributed by atoms with Crippen molar-refractivity contribution in [1.29, 1.82) is 0 Å². The fourth-order valence-corrected chi connectivity index (χ4v) is 4.42. The number of benzene rings is 2. The number of hydrogen-bond acceptors (Lipinski definition) is 0. The van der Waals surface area contributed by atoms with Crippen molar-refractivity contribution in [3.05, 3.63) is 81.9 Å². The van der Waals surface area contributed by atoms with Crippen LogP contribution in [0.4, 0.5) is 0 Å². The number of rotatable bonds is 0. The van der Waals surface area contributed by atoms with Crippen molar-refractivity contribution in [3.8, 4) is 0 Å². The Morgan fingerprint density at radius 2 is 1.76 bits per heavy atom. The maximum atomic E-state index is 2.45. The van der Waals surface area contributed by atoms with Crippen molar-refractivity contribution >= 4 is 12.2 Å². The minimum Gasteiger partial charge on any atom is -0.0764 e. The van der Waals surface area contributed by atoms with Gasteiger partial charge in [-0.05, 0) is 47.1 Å². The molecule has 21 heavy (non-hydrogen) atoms. The van der Waals surface area contributed by atoms with Gasteiger partial charge in [-0.1, -0.05) is 66.3 Å². The molecule has 2 atom stereocenters. The zero-order valence-electron chi connectivity index (χ0n) is 12.0. The highest BCUT2D eigenvalue weighted by Gasteiger charge is 2.29. The summed E-state index contributed by atoms with van der Waals surface area (Å²) in [5, 5.41) is 0. The van der Waals surface area contributed by atoms with Crippen LogP contribution in [0.3, 0.4) is 0 Å². The fourth-order valence-electron chi connectivity index (χ4n) is 4.42. The predicted molar refractivity (Wildman–Crippen MR) is 88.3 cm³/mol. The maximum absolute atomic E-state index is 2.45. The van der Waals surface area contributed by atoms with Gasteiger partial charge in [0.15, 0.2) is 0 Å². The van der Waals surface area contributed by atoms with Gasteiger partial charge in [-0.3, -0.25) is 0 Å². The molecule has 0 radical (unpaired) electrons. The Morgan fingerprint density at radius 3 is 2.76 bits per heavy atom. The van der Waals surface area contributed by atoms with Gasteiger partial charge in [0.05, 0.1) is 0 Å². The van der Waals surface area contributed by atoms with Crippen LogP contribution < -0.4 is 0 Å². The lowest BCUT2D eigenvalue weighted by Gasteiger charge is -2.17. The summed E-state index contributed by atoms with van der Waals surface area (Å²) in [6, 6.07) is 15.8.